The number of benzene rings is 1. The molecule has 1 heterocycles. The zero-order chi connectivity index (χ0) is 14.4. The molecule has 0 atom stereocenters. The van der Waals surface area contributed by atoms with E-state index in [1.165, 1.54) is 11.1 Å². The third kappa shape index (κ3) is 4.38. The molecule has 2 rings (SSSR count). The molecule has 0 bridgehead atoms. The molecule has 0 saturated carbocycles. The minimum absolute atomic E-state index is 0.403. The summed E-state index contributed by atoms with van der Waals surface area (Å²) in [6.45, 7) is 8.70. The lowest BCUT2D eigenvalue weighted by molar-refractivity contribution is 0.247. The van der Waals surface area contributed by atoms with E-state index in [-0.39, 0.29) is 0 Å². The van der Waals surface area contributed by atoms with Gasteiger partial charge in [-0.25, -0.2) is 0 Å². The van der Waals surface area contributed by atoms with Gasteiger partial charge in [-0.3, -0.25) is 0 Å². The van der Waals surface area contributed by atoms with Crippen molar-refractivity contribution >= 4 is 0 Å². The monoisotopic (exact) mass is 274 g/mol. The van der Waals surface area contributed by atoms with Gasteiger partial charge in [0.05, 0.1) is 6.20 Å². The van der Waals surface area contributed by atoms with Gasteiger partial charge < -0.3 is 14.6 Å². The predicted octanol–water partition coefficient (Wildman–Crippen LogP) is 3.31. The number of nitrogens with zero attached hydrogens (tertiary/aromatic N) is 1. The summed E-state index contributed by atoms with van der Waals surface area (Å²) in [7, 11) is 0. The van der Waals surface area contributed by atoms with Crippen molar-refractivity contribution in [1.82, 2.24) is 10.5 Å². The first-order valence-corrected chi connectivity index (χ1v) is 6.97. The third-order valence-corrected chi connectivity index (χ3v) is 2.95. The maximum atomic E-state index is 5.82. The molecule has 108 valence electrons. The van der Waals surface area contributed by atoms with Crippen molar-refractivity contribution < 1.29 is 9.26 Å². The molecule has 1 N–H and O–H groups in total. The smallest absolute Gasteiger partial charge is 0.174 e. The van der Waals surface area contributed by atoms with Crippen molar-refractivity contribution in [1.29, 1.82) is 0 Å². The van der Waals surface area contributed by atoms with E-state index in [2.05, 4.69) is 43.4 Å². The number of nitrogens with one attached hydrogen (secondary N) is 1. The lowest BCUT2D eigenvalue weighted by Gasteiger charge is -2.13. The molecule has 1 aromatic heterocycles. The van der Waals surface area contributed by atoms with E-state index in [1.54, 1.807) is 6.20 Å². The number of aromatic nitrogens is 1. The highest BCUT2D eigenvalue weighted by Crippen LogP contribution is 2.21. The second-order valence-electron chi connectivity index (χ2n) is 5.40. The van der Waals surface area contributed by atoms with Crippen LogP contribution in [0, 0.1) is 12.8 Å². The molecule has 0 saturated heterocycles. The Labute approximate surface area is 120 Å². The summed E-state index contributed by atoms with van der Waals surface area (Å²) in [5.41, 5.74) is 2.41. The fraction of sp³-hybridized carbons (Fsp3) is 0.438. The van der Waals surface area contributed by atoms with Crippen LogP contribution in [0.3, 0.4) is 0 Å². The average Bonchev–Trinajstić information content (AvgIpc) is 2.90. The molecule has 1 aromatic carbocycles. The van der Waals surface area contributed by atoms with E-state index in [1.807, 2.05) is 12.1 Å². The molecule has 20 heavy (non-hydrogen) atoms. The van der Waals surface area contributed by atoms with Crippen molar-refractivity contribution in [3.8, 4) is 5.75 Å². The van der Waals surface area contributed by atoms with Gasteiger partial charge in [0.1, 0.15) is 12.4 Å². The Morgan fingerprint density at radius 3 is 2.85 bits per heavy atom. The Morgan fingerprint density at radius 1 is 1.30 bits per heavy atom. The van der Waals surface area contributed by atoms with Gasteiger partial charge in [0.15, 0.2) is 5.76 Å². The van der Waals surface area contributed by atoms with Crippen LogP contribution in [0.5, 0.6) is 5.75 Å². The maximum Gasteiger partial charge on any atom is 0.174 e. The highest BCUT2D eigenvalue weighted by atomic mass is 16.5. The largest absolute Gasteiger partial charge is 0.485 e. The van der Waals surface area contributed by atoms with Crippen LogP contribution in [0.4, 0.5) is 0 Å². The first-order chi connectivity index (χ1) is 9.65. The summed E-state index contributed by atoms with van der Waals surface area (Å²) in [5.74, 6) is 2.26. The molecular weight excluding hydrogens is 252 g/mol. The van der Waals surface area contributed by atoms with Crippen molar-refractivity contribution in [3.05, 3.63) is 47.3 Å². The summed E-state index contributed by atoms with van der Waals surface area (Å²) in [6, 6.07) is 8.04. The van der Waals surface area contributed by atoms with Crippen LogP contribution in [0.2, 0.25) is 0 Å². The van der Waals surface area contributed by atoms with Gasteiger partial charge in [0.25, 0.3) is 0 Å². The van der Waals surface area contributed by atoms with Crippen LogP contribution in [-0.2, 0) is 13.2 Å². The molecule has 4 heteroatoms. The van der Waals surface area contributed by atoms with E-state index in [9.17, 15) is 0 Å². The number of ether oxygens (including phenoxy) is 1. The van der Waals surface area contributed by atoms with E-state index in [0.717, 1.165) is 24.6 Å². The molecule has 0 aliphatic rings. The van der Waals surface area contributed by atoms with Crippen molar-refractivity contribution in [2.24, 2.45) is 5.92 Å². The van der Waals surface area contributed by atoms with Gasteiger partial charge in [0, 0.05) is 18.2 Å². The van der Waals surface area contributed by atoms with Crippen LogP contribution < -0.4 is 10.1 Å². The molecule has 4 nitrogen and oxygen atoms in total. The maximum absolute atomic E-state index is 5.82. The van der Waals surface area contributed by atoms with Crippen molar-refractivity contribution in [3.63, 3.8) is 0 Å². The minimum Gasteiger partial charge on any atom is -0.485 e. The van der Waals surface area contributed by atoms with Crippen molar-refractivity contribution in [2.75, 3.05) is 6.54 Å². The second kappa shape index (κ2) is 7.10. The predicted molar refractivity (Wildman–Crippen MR) is 78.6 cm³/mol. The number of hydrogen-bond acceptors (Lipinski definition) is 4. The van der Waals surface area contributed by atoms with Gasteiger partial charge in [0.2, 0.25) is 0 Å². The Balaban J connectivity index is 1.99. The Hall–Kier alpha value is -1.81. The number of hydrogen-bond donors (Lipinski definition) is 1. The van der Waals surface area contributed by atoms with E-state index in [4.69, 9.17) is 9.26 Å². The quantitative estimate of drug-likeness (QED) is 0.841. The van der Waals surface area contributed by atoms with Gasteiger partial charge >= 0.3 is 0 Å². The molecule has 0 aliphatic carbocycles. The minimum atomic E-state index is 0.403. The zero-order valence-electron chi connectivity index (χ0n) is 12.3. The van der Waals surface area contributed by atoms with Crippen LogP contribution in [0.25, 0.3) is 0 Å². The fourth-order valence-electron chi connectivity index (χ4n) is 1.95. The average molecular weight is 274 g/mol. The summed E-state index contributed by atoms with van der Waals surface area (Å²) in [5, 5.41) is 7.12. The lowest BCUT2D eigenvalue weighted by atomic mass is 10.1. The SMILES string of the molecule is Cc1ccc(OCc2ccno2)c(CNCC(C)C)c1. The Kier molecular flexibility index (Phi) is 5.18. The molecule has 0 unspecified atom stereocenters. The molecule has 0 spiro atoms. The fourth-order valence-corrected chi connectivity index (χ4v) is 1.95. The summed E-state index contributed by atoms with van der Waals surface area (Å²) >= 11 is 0. The highest BCUT2D eigenvalue weighted by molar-refractivity contribution is 5.36. The topological polar surface area (TPSA) is 47.3 Å². The number of rotatable bonds is 7. The molecule has 0 aliphatic heterocycles. The van der Waals surface area contributed by atoms with E-state index < -0.39 is 0 Å². The lowest BCUT2D eigenvalue weighted by Crippen LogP contribution is -2.19. The molecule has 2 aromatic rings. The van der Waals surface area contributed by atoms with Crippen molar-refractivity contribution in [2.45, 2.75) is 33.9 Å². The molecule has 0 fully saturated rings. The Morgan fingerprint density at radius 2 is 2.15 bits per heavy atom. The summed E-state index contributed by atoms with van der Waals surface area (Å²) in [4.78, 5) is 0. The van der Waals surface area contributed by atoms with Gasteiger partial charge in [-0.05, 0) is 25.5 Å². The molecule has 0 amide bonds. The first-order valence-electron chi connectivity index (χ1n) is 6.97. The van der Waals surface area contributed by atoms with Gasteiger partial charge in [-0.1, -0.05) is 36.7 Å². The normalized spacial score (nSPS) is 11.0. The van der Waals surface area contributed by atoms with Crippen LogP contribution in [0.1, 0.15) is 30.7 Å². The van der Waals surface area contributed by atoms with Crippen LogP contribution in [-0.4, -0.2) is 11.7 Å². The summed E-state index contributed by atoms with van der Waals surface area (Å²) < 4.78 is 10.9. The zero-order valence-corrected chi connectivity index (χ0v) is 12.3. The second-order valence-corrected chi connectivity index (χ2v) is 5.40. The Bertz CT molecular complexity index is 521. The standard InChI is InChI=1S/C16H22N2O2/c1-12(2)9-17-10-14-8-13(3)4-5-16(14)19-11-15-6-7-18-20-15/h4-8,12,17H,9-11H2,1-3H3. The third-order valence-electron chi connectivity index (χ3n) is 2.95. The van der Waals surface area contributed by atoms with E-state index >= 15 is 0 Å². The first kappa shape index (κ1) is 14.6. The molecule has 0 radical (unpaired) electrons. The highest BCUT2D eigenvalue weighted by Gasteiger charge is 2.06. The molecular formula is C16H22N2O2. The summed E-state index contributed by atoms with van der Waals surface area (Å²) in [6.07, 6.45) is 1.62. The van der Waals surface area contributed by atoms with Gasteiger partial charge in [-0.2, -0.15) is 0 Å². The van der Waals surface area contributed by atoms with Crippen LogP contribution in [0.15, 0.2) is 35.0 Å². The number of aryl methyl sites for hydroxylation is 1. The van der Waals surface area contributed by atoms with Crippen LogP contribution >= 0.6 is 0 Å². The van der Waals surface area contributed by atoms with Gasteiger partial charge in [-0.15, -0.1) is 0 Å². The van der Waals surface area contributed by atoms with E-state index in [0.29, 0.717) is 12.5 Å².